The molecular formula is C17H16ClN3. The molecule has 0 saturated heterocycles. The van der Waals surface area contributed by atoms with Crippen molar-refractivity contribution in [3.8, 4) is 16.9 Å². The van der Waals surface area contributed by atoms with Gasteiger partial charge in [-0.25, -0.2) is 4.68 Å². The molecule has 0 saturated carbocycles. The van der Waals surface area contributed by atoms with Crippen molar-refractivity contribution in [3.63, 3.8) is 0 Å². The summed E-state index contributed by atoms with van der Waals surface area (Å²) in [6, 6.07) is 13.9. The average Bonchev–Trinajstić information content (AvgIpc) is 2.84. The van der Waals surface area contributed by atoms with Crippen LogP contribution in [0.25, 0.3) is 16.9 Å². The normalized spacial score (nSPS) is 10.8. The van der Waals surface area contributed by atoms with Gasteiger partial charge in [0.1, 0.15) is 5.69 Å². The summed E-state index contributed by atoms with van der Waals surface area (Å²) in [6.07, 6.45) is 1.82. The zero-order valence-corrected chi connectivity index (χ0v) is 12.7. The number of nitrogens with zero attached hydrogens (tertiary/aromatic N) is 2. The zero-order chi connectivity index (χ0) is 15.0. The highest BCUT2D eigenvalue weighted by atomic mass is 35.5. The number of hydrogen-bond acceptors (Lipinski definition) is 2. The first kappa shape index (κ1) is 13.7. The number of nitrogen functional groups attached to an aromatic ring is 1. The van der Waals surface area contributed by atoms with E-state index in [0.717, 1.165) is 33.1 Å². The first-order valence-electron chi connectivity index (χ1n) is 6.74. The predicted octanol–water partition coefficient (Wildman–Crippen LogP) is 4.39. The number of benzene rings is 2. The smallest absolute Gasteiger partial charge is 0.116 e. The van der Waals surface area contributed by atoms with Crippen LogP contribution in [0.2, 0.25) is 5.02 Å². The Hall–Kier alpha value is -2.26. The minimum absolute atomic E-state index is 0.654. The fourth-order valence-corrected chi connectivity index (χ4v) is 2.47. The van der Waals surface area contributed by atoms with Crippen LogP contribution in [0.4, 0.5) is 5.69 Å². The quantitative estimate of drug-likeness (QED) is 0.762. The summed E-state index contributed by atoms with van der Waals surface area (Å²) in [4.78, 5) is 0. The maximum absolute atomic E-state index is 6.18. The van der Waals surface area contributed by atoms with Gasteiger partial charge in [0.25, 0.3) is 0 Å². The van der Waals surface area contributed by atoms with Gasteiger partial charge in [-0.2, -0.15) is 5.10 Å². The molecule has 4 heteroatoms. The number of nitrogens with two attached hydrogens (primary N) is 1. The summed E-state index contributed by atoms with van der Waals surface area (Å²) < 4.78 is 1.77. The third-order valence-electron chi connectivity index (χ3n) is 3.56. The second-order valence-corrected chi connectivity index (χ2v) is 5.53. The lowest BCUT2D eigenvalue weighted by molar-refractivity contribution is 0.883. The largest absolute Gasteiger partial charge is 0.396 e. The third-order valence-corrected chi connectivity index (χ3v) is 3.97. The van der Waals surface area contributed by atoms with Crippen LogP contribution in [0.1, 0.15) is 11.1 Å². The molecule has 106 valence electrons. The minimum atomic E-state index is 0.654. The summed E-state index contributed by atoms with van der Waals surface area (Å²) in [6.45, 7) is 4.03. The lowest BCUT2D eigenvalue weighted by atomic mass is 10.1. The van der Waals surface area contributed by atoms with E-state index < -0.39 is 0 Å². The van der Waals surface area contributed by atoms with Gasteiger partial charge in [0, 0.05) is 10.6 Å². The van der Waals surface area contributed by atoms with Crippen molar-refractivity contribution in [2.24, 2.45) is 0 Å². The van der Waals surface area contributed by atoms with E-state index in [1.54, 1.807) is 4.68 Å². The molecule has 0 atom stereocenters. The number of aryl methyl sites for hydroxylation is 2. The van der Waals surface area contributed by atoms with Crippen molar-refractivity contribution < 1.29 is 0 Å². The minimum Gasteiger partial charge on any atom is -0.396 e. The first-order valence-corrected chi connectivity index (χ1v) is 7.12. The van der Waals surface area contributed by atoms with E-state index in [1.165, 1.54) is 0 Å². The van der Waals surface area contributed by atoms with Crippen LogP contribution >= 0.6 is 11.6 Å². The van der Waals surface area contributed by atoms with Crippen molar-refractivity contribution in [2.45, 2.75) is 13.8 Å². The van der Waals surface area contributed by atoms with Crippen LogP contribution in [0.5, 0.6) is 0 Å². The fourth-order valence-electron chi connectivity index (χ4n) is 2.29. The molecular weight excluding hydrogens is 282 g/mol. The van der Waals surface area contributed by atoms with Crippen molar-refractivity contribution >= 4 is 17.3 Å². The van der Waals surface area contributed by atoms with E-state index in [0.29, 0.717) is 5.69 Å². The SMILES string of the molecule is Cc1ccc(-n2cc(N)c(-c3ccccc3C)n2)cc1Cl. The molecule has 21 heavy (non-hydrogen) atoms. The maximum atomic E-state index is 6.18. The molecule has 0 spiro atoms. The predicted molar refractivity (Wildman–Crippen MR) is 87.9 cm³/mol. The molecule has 0 aliphatic heterocycles. The Balaban J connectivity index is 2.09. The zero-order valence-electron chi connectivity index (χ0n) is 12.0. The van der Waals surface area contributed by atoms with Crippen molar-refractivity contribution in [1.29, 1.82) is 0 Å². The van der Waals surface area contributed by atoms with Gasteiger partial charge in [0.2, 0.25) is 0 Å². The molecule has 0 aliphatic rings. The molecule has 2 N–H and O–H groups in total. The molecule has 0 unspecified atom stereocenters. The third kappa shape index (κ3) is 2.52. The van der Waals surface area contributed by atoms with Crippen LogP contribution < -0.4 is 5.73 Å². The number of hydrogen-bond donors (Lipinski definition) is 1. The lowest BCUT2D eigenvalue weighted by Gasteiger charge is -2.04. The topological polar surface area (TPSA) is 43.8 Å². The summed E-state index contributed by atoms with van der Waals surface area (Å²) in [5.41, 5.74) is 11.7. The van der Waals surface area contributed by atoms with Crippen LogP contribution in [0, 0.1) is 13.8 Å². The molecule has 0 radical (unpaired) electrons. The van der Waals surface area contributed by atoms with Crippen molar-refractivity contribution in [1.82, 2.24) is 9.78 Å². The van der Waals surface area contributed by atoms with E-state index in [4.69, 9.17) is 17.3 Å². The summed E-state index contributed by atoms with van der Waals surface area (Å²) in [5, 5.41) is 5.34. The van der Waals surface area contributed by atoms with Gasteiger partial charge in [-0.1, -0.05) is 41.9 Å². The van der Waals surface area contributed by atoms with Crippen LogP contribution in [0.15, 0.2) is 48.7 Å². The first-order chi connectivity index (χ1) is 10.1. The van der Waals surface area contributed by atoms with Gasteiger partial charge in [0.15, 0.2) is 0 Å². The summed E-state index contributed by atoms with van der Waals surface area (Å²) in [5.74, 6) is 0. The Morgan fingerprint density at radius 2 is 1.81 bits per heavy atom. The molecule has 3 rings (SSSR count). The fraction of sp³-hybridized carbons (Fsp3) is 0.118. The highest BCUT2D eigenvalue weighted by Crippen LogP contribution is 2.28. The molecule has 0 aliphatic carbocycles. The molecule has 1 heterocycles. The Labute approximate surface area is 129 Å². The van der Waals surface area contributed by atoms with E-state index in [1.807, 2.05) is 49.5 Å². The highest BCUT2D eigenvalue weighted by Gasteiger charge is 2.11. The van der Waals surface area contributed by atoms with Gasteiger partial charge < -0.3 is 5.73 Å². The Morgan fingerprint density at radius 1 is 1.05 bits per heavy atom. The van der Waals surface area contributed by atoms with Crippen LogP contribution in [-0.2, 0) is 0 Å². The van der Waals surface area contributed by atoms with Gasteiger partial charge in [-0.05, 0) is 37.1 Å². The number of aromatic nitrogens is 2. The van der Waals surface area contributed by atoms with Gasteiger partial charge in [-0.3, -0.25) is 0 Å². The highest BCUT2D eigenvalue weighted by molar-refractivity contribution is 6.31. The number of rotatable bonds is 2. The van der Waals surface area contributed by atoms with E-state index in [-0.39, 0.29) is 0 Å². The van der Waals surface area contributed by atoms with Crippen LogP contribution in [-0.4, -0.2) is 9.78 Å². The average molecular weight is 298 g/mol. The van der Waals surface area contributed by atoms with E-state index >= 15 is 0 Å². The molecule has 1 aromatic heterocycles. The van der Waals surface area contributed by atoms with E-state index in [2.05, 4.69) is 18.1 Å². The Bertz CT molecular complexity index is 806. The molecule has 3 aromatic rings. The van der Waals surface area contributed by atoms with E-state index in [9.17, 15) is 0 Å². The van der Waals surface area contributed by atoms with Crippen molar-refractivity contribution in [3.05, 3.63) is 64.8 Å². The second kappa shape index (κ2) is 5.26. The van der Waals surface area contributed by atoms with Gasteiger partial charge in [-0.15, -0.1) is 0 Å². The molecule has 0 bridgehead atoms. The monoisotopic (exact) mass is 297 g/mol. The van der Waals surface area contributed by atoms with Crippen molar-refractivity contribution in [2.75, 3.05) is 5.73 Å². The number of halogens is 1. The van der Waals surface area contributed by atoms with Crippen LogP contribution in [0.3, 0.4) is 0 Å². The maximum Gasteiger partial charge on any atom is 0.116 e. The van der Waals surface area contributed by atoms with Gasteiger partial charge in [0.05, 0.1) is 17.6 Å². The molecule has 3 nitrogen and oxygen atoms in total. The van der Waals surface area contributed by atoms with Gasteiger partial charge >= 0.3 is 0 Å². The molecule has 2 aromatic carbocycles. The lowest BCUT2D eigenvalue weighted by Crippen LogP contribution is -1.95. The summed E-state index contributed by atoms with van der Waals surface area (Å²) in [7, 11) is 0. The standard InChI is InChI=1S/C17H16ClN3/c1-11-5-3-4-6-14(11)17-16(19)10-21(20-17)13-8-7-12(2)15(18)9-13/h3-10H,19H2,1-2H3. The Morgan fingerprint density at radius 3 is 2.52 bits per heavy atom. The Kier molecular flexibility index (Phi) is 3.43. The molecule has 0 amide bonds. The number of anilines is 1. The molecule has 0 fully saturated rings. The summed E-state index contributed by atoms with van der Waals surface area (Å²) >= 11 is 6.18. The second-order valence-electron chi connectivity index (χ2n) is 5.13.